The van der Waals surface area contributed by atoms with Gasteiger partial charge in [0.25, 0.3) is 0 Å². The largest absolute Gasteiger partial charge is 0.338 e. The van der Waals surface area contributed by atoms with Gasteiger partial charge in [0.15, 0.2) is 15.0 Å². The molecular formula is C19H25N3O3S2. The highest BCUT2D eigenvalue weighted by Gasteiger charge is 2.33. The molecule has 146 valence electrons. The van der Waals surface area contributed by atoms with Crippen LogP contribution in [0.25, 0.3) is 5.69 Å². The third kappa shape index (κ3) is 4.55. The summed E-state index contributed by atoms with van der Waals surface area (Å²) < 4.78 is 25.4. The number of amides is 1. The van der Waals surface area contributed by atoms with Gasteiger partial charge in [0.2, 0.25) is 5.91 Å². The molecule has 2 heterocycles. The summed E-state index contributed by atoms with van der Waals surface area (Å²) in [5, 5.41) is 0.755. The van der Waals surface area contributed by atoms with Gasteiger partial charge in [-0.1, -0.05) is 29.5 Å². The normalized spacial score (nSPS) is 18.6. The molecule has 1 amide bonds. The van der Waals surface area contributed by atoms with Crippen molar-refractivity contribution in [3.8, 4) is 5.69 Å². The fraction of sp³-hybridized carbons (Fsp3) is 0.474. The number of aromatic nitrogens is 2. The molecule has 27 heavy (non-hydrogen) atoms. The molecule has 6 nitrogen and oxygen atoms in total. The number of hydrogen-bond donors (Lipinski definition) is 0. The lowest BCUT2D eigenvalue weighted by molar-refractivity contribution is -0.129. The van der Waals surface area contributed by atoms with Crippen molar-refractivity contribution in [3.05, 3.63) is 41.7 Å². The summed E-state index contributed by atoms with van der Waals surface area (Å²) in [4.78, 5) is 18.8. The number of carbonyl (C=O) groups is 1. The van der Waals surface area contributed by atoms with E-state index in [2.05, 4.69) is 37.0 Å². The maximum absolute atomic E-state index is 12.7. The number of aryl methyl sites for hydroxylation is 2. The van der Waals surface area contributed by atoms with E-state index >= 15 is 0 Å². The Morgan fingerprint density at radius 3 is 2.78 bits per heavy atom. The second kappa shape index (κ2) is 8.06. The average molecular weight is 408 g/mol. The van der Waals surface area contributed by atoms with Gasteiger partial charge in [0.1, 0.15) is 0 Å². The van der Waals surface area contributed by atoms with Gasteiger partial charge in [0.05, 0.1) is 22.9 Å². The van der Waals surface area contributed by atoms with E-state index in [4.69, 9.17) is 0 Å². The molecule has 3 rings (SSSR count). The minimum Gasteiger partial charge on any atom is -0.338 e. The van der Waals surface area contributed by atoms with Crippen molar-refractivity contribution in [2.45, 2.75) is 38.4 Å². The van der Waals surface area contributed by atoms with Crippen molar-refractivity contribution in [1.29, 1.82) is 0 Å². The monoisotopic (exact) mass is 407 g/mol. The molecule has 0 radical (unpaired) electrons. The molecular weight excluding hydrogens is 382 g/mol. The Balaban J connectivity index is 1.70. The van der Waals surface area contributed by atoms with E-state index in [-0.39, 0.29) is 29.2 Å². The zero-order valence-corrected chi connectivity index (χ0v) is 17.5. The number of benzene rings is 1. The average Bonchev–Trinajstić information content (AvgIpc) is 3.20. The molecule has 1 saturated heterocycles. The SMILES string of the molecule is CCN(C(=O)CSc1nccn1-c1ccc(C)cc1C)C1CCS(=O)(=O)C1. The van der Waals surface area contributed by atoms with Crippen LogP contribution in [0.5, 0.6) is 0 Å². The Bertz CT molecular complexity index is 937. The van der Waals surface area contributed by atoms with Gasteiger partial charge in [-0.05, 0) is 38.8 Å². The van der Waals surface area contributed by atoms with Crippen LogP contribution in [0.2, 0.25) is 0 Å². The van der Waals surface area contributed by atoms with Gasteiger partial charge in [0, 0.05) is 25.0 Å². The number of rotatable bonds is 6. The van der Waals surface area contributed by atoms with Gasteiger partial charge in [-0.2, -0.15) is 0 Å². The zero-order chi connectivity index (χ0) is 19.6. The van der Waals surface area contributed by atoms with E-state index in [1.807, 2.05) is 17.7 Å². The first-order chi connectivity index (χ1) is 12.8. The van der Waals surface area contributed by atoms with Crippen LogP contribution in [-0.2, 0) is 14.6 Å². The van der Waals surface area contributed by atoms with Gasteiger partial charge < -0.3 is 4.90 Å². The summed E-state index contributed by atoms with van der Waals surface area (Å²) in [7, 11) is -3.01. The highest BCUT2D eigenvalue weighted by Crippen LogP contribution is 2.25. The number of nitrogens with zero attached hydrogens (tertiary/aromatic N) is 3. The molecule has 8 heteroatoms. The van der Waals surface area contributed by atoms with Crippen LogP contribution < -0.4 is 0 Å². The minimum absolute atomic E-state index is 0.0419. The molecule has 1 aliphatic rings. The summed E-state index contributed by atoms with van der Waals surface area (Å²) in [6, 6.07) is 6.03. The van der Waals surface area contributed by atoms with Gasteiger partial charge in [-0.3, -0.25) is 9.36 Å². The highest BCUT2D eigenvalue weighted by molar-refractivity contribution is 7.99. The quantitative estimate of drug-likeness (QED) is 0.689. The number of thioether (sulfide) groups is 1. The van der Waals surface area contributed by atoms with Crippen LogP contribution in [0.1, 0.15) is 24.5 Å². The lowest BCUT2D eigenvalue weighted by Crippen LogP contribution is -2.42. The van der Waals surface area contributed by atoms with E-state index < -0.39 is 9.84 Å². The molecule has 0 aliphatic carbocycles. The molecule has 1 aromatic heterocycles. The van der Waals surface area contributed by atoms with Crippen molar-refractivity contribution in [2.24, 2.45) is 0 Å². The predicted molar refractivity (Wildman–Crippen MR) is 108 cm³/mol. The Kier molecular flexibility index (Phi) is 5.95. The standard InChI is InChI=1S/C19H25N3O3S2/c1-4-21(16-7-10-27(24,25)13-16)18(23)12-26-19-20-8-9-22(19)17-6-5-14(2)11-15(17)3/h5-6,8-9,11,16H,4,7,10,12-13H2,1-3H3. The van der Waals surface area contributed by atoms with Crippen LogP contribution in [0, 0.1) is 13.8 Å². The van der Waals surface area contributed by atoms with Crippen molar-refractivity contribution in [1.82, 2.24) is 14.5 Å². The van der Waals surface area contributed by atoms with E-state index in [1.165, 1.54) is 17.3 Å². The Labute approximate surface area is 164 Å². The molecule has 1 fully saturated rings. The minimum atomic E-state index is -3.01. The lowest BCUT2D eigenvalue weighted by atomic mass is 10.1. The summed E-state index contributed by atoms with van der Waals surface area (Å²) >= 11 is 1.38. The fourth-order valence-corrected chi connectivity index (χ4v) is 6.11. The molecule has 1 unspecified atom stereocenters. The van der Waals surface area contributed by atoms with E-state index in [9.17, 15) is 13.2 Å². The molecule has 0 bridgehead atoms. The Morgan fingerprint density at radius 1 is 1.37 bits per heavy atom. The number of imidazole rings is 1. The first kappa shape index (κ1) is 19.9. The summed E-state index contributed by atoms with van der Waals surface area (Å²) in [5.74, 6) is 0.451. The third-order valence-corrected chi connectivity index (χ3v) is 7.56. The molecule has 2 aromatic rings. The lowest BCUT2D eigenvalue weighted by Gasteiger charge is -2.26. The second-order valence-corrected chi connectivity index (χ2v) is 10.1. The smallest absolute Gasteiger partial charge is 0.233 e. The van der Waals surface area contributed by atoms with Crippen LogP contribution >= 0.6 is 11.8 Å². The van der Waals surface area contributed by atoms with Crippen LogP contribution in [0.15, 0.2) is 35.7 Å². The van der Waals surface area contributed by atoms with E-state index in [0.29, 0.717) is 13.0 Å². The first-order valence-corrected chi connectivity index (χ1v) is 11.8. The third-order valence-electron chi connectivity index (χ3n) is 4.85. The topological polar surface area (TPSA) is 72.3 Å². The van der Waals surface area contributed by atoms with Crippen molar-refractivity contribution >= 4 is 27.5 Å². The second-order valence-electron chi connectivity index (χ2n) is 6.90. The molecule has 1 aliphatic heterocycles. The van der Waals surface area contributed by atoms with Crippen LogP contribution in [0.4, 0.5) is 0 Å². The van der Waals surface area contributed by atoms with Crippen LogP contribution in [-0.4, -0.2) is 58.6 Å². The Hall–Kier alpha value is -1.80. The Morgan fingerprint density at radius 2 is 2.15 bits per heavy atom. The number of sulfone groups is 1. The van der Waals surface area contributed by atoms with Crippen molar-refractivity contribution in [2.75, 3.05) is 23.8 Å². The number of hydrogen-bond acceptors (Lipinski definition) is 5. The van der Waals surface area contributed by atoms with Gasteiger partial charge in [-0.25, -0.2) is 13.4 Å². The summed E-state index contributed by atoms with van der Waals surface area (Å²) in [6.45, 7) is 6.53. The highest BCUT2D eigenvalue weighted by atomic mass is 32.2. The molecule has 0 saturated carbocycles. The number of carbonyl (C=O) groups excluding carboxylic acids is 1. The van der Waals surface area contributed by atoms with Crippen molar-refractivity contribution < 1.29 is 13.2 Å². The van der Waals surface area contributed by atoms with Crippen molar-refractivity contribution in [3.63, 3.8) is 0 Å². The maximum atomic E-state index is 12.7. The first-order valence-electron chi connectivity index (χ1n) is 9.04. The van der Waals surface area contributed by atoms with E-state index in [1.54, 1.807) is 11.1 Å². The molecule has 1 aromatic carbocycles. The summed E-state index contributed by atoms with van der Waals surface area (Å²) in [5.41, 5.74) is 3.39. The van der Waals surface area contributed by atoms with Gasteiger partial charge in [-0.15, -0.1) is 0 Å². The molecule has 0 spiro atoms. The molecule has 1 atom stereocenters. The fourth-order valence-electron chi connectivity index (χ4n) is 3.52. The van der Waals surface area contributed by atoms with Gasteiger partial charge >= 0.3 is 0 Å². The van der Waals surface area contributed by atoms with E-state index in [0.717, 1.165) is 16.4 Å². The van der Waals surface area contributed by atoms with Crippen LogP contribution in [0.3, 0.4) is 0 Å². The predicted octanol–water partition coefficient (Wildman–Crippen LogP) is 2.62. The maximum Gasteiger partial charge on any atom is 0.233 e. The summed E-state index contributed by atoms with van der Waals surface area (Å²) in [6.07, 6.45) is 4.16. The molecule has 0 N–H and O–H groups in total. The zero-order valence-electron chi connectivity index (χ0n) is 15.9.